The fraction of sp³-hybridized carbons (Fsp3) is 0.500. The number of imide groups is 1. The smallest absolute Gasteiger partial charge is 0.309 e. The number of piperidine rings is 1. The molecule has 2 aliphatic heterocycles. The Kier molecular flexibility index (Phi) is 5.39. The van der Waals surface area contributed by atoms with Crippen molar-refractivity contribution in [3.8, 4) is 0 Å². The number of carbonyl (C=O) groups excluding carboxylic acids is 3. The number of carbonyl (C=O) groups is 3. The van der Waals surface area contributed by atoms with Gasteiger partial charge in [-0.3, -0.25) is 19.3 Å². The molecule has 0 unspecified atom stereocenters. The molecule has 3 rings (SSSR count). The summed E-state index contributed by atoms with van der Waals surface area (Å²) in [5.74, 6) is -0.526. The number of amides is 2. The van der Waals surface area contributed by atoms with E-state index in [1.165, 1.54) is 12.0 Å². The van der Waals surface area contributed by atoms with Gasteiger partial charge in [-0.25, -0.2) is 0 Å². The Morgan fingerprint density at radius 1 is 1.24 bits per heavy atom. The van der Waals surface area contributed by atoms with Gasteiger partial charge in [0, 0.05) is 17.9 Å². The number of quaternary nitrogens is 1. The Morgan fingerprint density at radius 3 is 2.48 bits per heavy atom. The van der Waals surface area contributed by atoms with E-state index < -0.39 is 0 Å². The van der Waals surface area contributed by atoms with Crippen LogP contribution in [0.4, 0.5) is 0 Å². The van der Waals surface area contributed by atoms with E-state index in [1.807, 2.05) is 12.1 Å². The summed E-state index contributed by atoms with van der Waals surface area (Å²) in [6, 6.07) is 6.82. The van der Waals surface area contributed by atoms with E-state index in [9.17, 15) is 14.4 Å². The minimum atomic E-state index is -0.335. The molecule has 7 heteroatoms. The second kappa shape index (κ2) is 7.54. The largest absolute Gasteiger partial charge is 0.469 e. The van der Waals surface area contributed by atoms with Gasteiger partial charge in [0.25, 0.3) is 5.91 Å². The summed E-state index contributed by atoms with van der Waals surface area (Å²) >= 11 is 5.87. The third-order valence-corrected chi connectivity index (χ3v) is 5.40. The molecule has 0 radical (unpaired) electrons. The predicted molar refractivity (Wildman–Crippen MR) is 90.9 cm³/mol. The van der Waals surface area contributed by atoms with Crippen molar-refractivity contribution < 1.29 is 24.0 Å². The summed E-state index contributed by atoms with van der Waals surface area (Å²) in [6.07, 6.45) is 1.62. The summed E-state index contributed by atoms with van der Waals surface area (Å²) in [5, 5.41) is 0.624. The molecule has 134 valence electrons. The summed E-state index contributed by atoms with van der Waals surface area (Å²) in [7, 11) is 1.40. The summed E-state index contributed by atoms with van der Waals surface area (Å²) in [6.45, 7) is 1.69. The average molecular weight is 366 g/mol. The van der Waals surface area contributed by atoms with Crippen LogP contribution in [-0.4, -0.2) is 48.9 Å². The number of methoxy groups -OCH3 is 1. The Hall–Kier alpha value is -1.92. The fourth-order valence-corrected chi connectivity index (χ4v) is 3.81. The highest BCUT2D eigenvalue weighted by Gasteiger charge is 2.46. The van der Waals surface area contributed by atoms with Crippen molar-refractivity contribution in [1.82, 2.24) is 4.90 Å². The molecule has 0 spiro atoms. The van der Waals surface area contributed by atoms with Crippen LogP contribution < -0.4 is 4.90 Å². The van der Waals surface area contributed by atoms with Crippen molar-refractivity contribution in [2.45, 2.75) is 31.8 Å². The van der Waals surface area contributed by atoms with Gasteiger partial charge in [0.1, 0.15) is 0 Å². The fourth-order valence-electron chi connectivity index (χ4n) is 3.68. The third-order valence-electron chi connectivity index (χ3n) is 5.15. The zero-order chi connectivity index (χ0) is 18.0. The molecule has 1 atom stereocenters. The molecule has 6 nitrogen and oxygen atoms in total. The molecule has 0 saturated carbocycles. The minimum Gasteiger partial charge on any atom is -0.469 e. The molecular formula is C18H22ClN2O4+. The van der Waals surface area contributed by atoms with E-state index >= 15 is 0 Å². The topological polar surface area (TPSA) is 68.1 Å². The van der Waals surface area contributed by atoms with E-state index in [-0.39, 0.29) is 42.7 Å². The van der Waals surface area contributed by atoms with Crippen LogP contribution in [0.5, 0.6) is 0 Å². The summed E-state index contributed by atoms with van der Waals surface area (Å²) < 4.78 is 4.79. The van der Waals surface area contributed by atoms with E-state index in [2.05, 4.69) is 0 Å². The number of nitrogens with one attached hydrogen (secondary N) is 1. The molecule has 1 aromatic carbocycles. The Morgan fingerprint density at radius 2 is 1.88 bits per heavy atom. The van der Waals surface area contributed by atoms with Crippen molar-refractivity contribution in [2.75, 3.05) is 20.2 Å². The maximum absolute atomic E-state index is 12.7. The lowest BCUT2D eigenvalue weighted by Gasteiger charge is -2.30. The summed E-state index contributed by atoms with van der Waals surface area (Å²) in [4.78, 5) is 39.1. The molecule has 2 heterocycles. The highest BCUT2D eigenvalue weighted by Crippen LogP contribution is 2.18. The highest BCUT2D eigenvalue weighted by molar-refractivity contribution is 6.30. The number of likely N-dealkylation sites (tertiary alicyclic amines) is 2. The lowest BCUT2D eigenvalue weighted by Crippen LogP contribution is -3.17. The second-order valence-corrected chi connectivity index (χ2v) is 7.09. The maximum Gasteiger partial charge on any atom is 0.309 e. The van der Waals surface area contributed by atoms with Crippen LogP contribution in [-0.2, 0) is 25.7 Å². The van der Waals surface area contributed by atoms with Crippen LogP contribution in [0.2, 0.25) is 5.02 Å². The number of hydrogen-bond donors (Lipinski definition) is 1. The number of ether oxygens (including phenoxy) is 1. The zero-order valence-corrected chi connectivity index (χ0v) is 14.9. The molecular weight excluding hydrogens is 344 g/mol. The zero-order valence-electron chi connectivity index (χ0n) is 14.2. The van der Waals surface area contributed by atoms with E-state index in [0.29, 0.717) is 31.0 Å². The molecule has 2 amide bonds. The first-order chi connectivity index (χ1) is 12.0. The standard InChI is InChI=1S/C18H21ClN2O4/c1-25-18(24)13-6-8-20(9-7-13)15-10-16(22)21(17(15)23)11-12-2-4-14(19)5-3-12/h2-5,13,15H,6-11H2,1H3/p+1/t15-/m0/s1. The normalized spacial score (nSPS) is 26.8. The molecule has 1 N–H and O–H groups in total. The third kappa shape index (κ3) is 3.85. The molecule has 0 aliphatic carbocycles. The predicted octanol–water partition coefficient (Wildman–Crippen LogP) is 0.435. The quantitative estimate of drug-likeness (QED) is 0.621. The van der Waals surface area contributed by atoms with Gasteiger partial charge in [0.15, 0.2) is 6.04 Å². The lowest BCUT2D eigenvalue weighted by molar-refractivity contribution is -0.920. The highest BCUT2D eigenvalue weighted by atomic mass is 35.5. The van der Waals surface area contributed by atoms with E-state index in [4.69, 9.17) is 16.3 Å². The lowest BCUT2D eigenvalue weighted by atomic mass is 9.95. The molecule has 0 bridgehead atoms. The van der Waals surface area contributed by atoms with Gasteiger partial charge < -0.3 is 9.64 Å². The Balaban J connectivity index is 1.61. The first-order valence-corrected chi connectivity index (χ1v) is 8.88. The number of rotatable bonds is 4. The van der Waals surface area contributed by atoms with Crippen LogP contribution in [0.15, 0.2) is 24.3 Å². The minimum absolute atomic E-state index is 0.0915. The molecule has 25 heavy (non-hydrogen) atoms. The van der Waals surface area contributed by atoms with Gasteiger partial charge in [0.05, 0.1) is 39.1 Å². The average Bonchev–Trinajstić information content (AvgIpc) is 2.91. The molecule has 2 aliphatic rings. The van der Waals surface area contributed by atoms with Crippen LogP contribution >= 0.6 is 11.6 Å². The van der Waals surface area contributed by atoms with Gasteiger partial charge in [-0.1, -0.05) is 23.7 Å². The van der Waals surface area contributed by atoms with Crippen molar-refractivity contribution in [3.05, 3.63) is 34.9 Å². The van der Waals surface area contributed by atoms with Crippen molar-refractivity contribution in [1.29, 1.82) is 0 Å². The van der Waals surface area contributed by atoms with Crippen LogP contribution in [0.25, 0.3) is 0 Å². The number of nitrogens with zero attached hydrogens (tertiary/aromatic N) is 1. The van der Waals surface area contributed by atoms with E-state index in [0.717, 1.165) is 10.5 Å². The number of hydrogen-bond acceptors (Lipinski definition) is 4. The SMILES string of the molecule is COC(=O)C1CC[NH+]([C@H]2CC(=O)N(Cc3ccc(Cl)cc3)C2=O)CC1. The van der Waals surface area contributed by atoms with Gasteiger partial charge in [-0.15, -0.1) is 0 Å². The van der Waals surface area contributed by atoms with Gasteiger partial charge in [-0.05, 0) is 17.7 Å². The molecule has 1 aromatic rings. The van der Waals surface area contributed by atoms with Crippen molar-refractivity contribution >= 4 is 29.4 Å². The molecule has 2 saturated heterocycles. The number of esters is 1. The first kappa shape index (κ1) is 17.9. The molecule has 2 fully saturated rings. The summed E-state index contributed by atoms with van der Waals surface area (Å²) in [5.41, 5.74) is 0.881. The monoisotopic (exact) mass is 365 g/mol. The Labute approximate surface area is 151 Å². The van der Waals surface area contributed by atoms with Crippen LogP contribution in [0.3, 0.4) is 0 Å². The van der Waals surface area contributed by atoms with Crippen LogP contribution in [0.1, 0.15) is 24.8 Å². The van der Waals surface area contributed by atoms with Crippen molar-refractivity contribution in [2.24, 2.45) is 5.92 Å². The van der Waals surface area contributed by atoms with E-state index in [1.54, 1.807) is 12.1 Å². The van der Waals surface area contributed by atoms with Gasteiger partial charge in [-0.2, -0.15) is 0 Å². The van der Waals surface area contributed by atoms with Crippen molar-refractivity contribution in [3.63, 3.8) is 0 Å². The first-order valence-electron chi connectivity index (χ1n) is 8.50. The van der Waals surface area contributed by atoms with Gasteiger partial charge >= 0.3 is 5.97 Å². The second-order valence-electron chi connectivity index (χ2n) is 6.66. The number of benzene rings is 1. The molecule has 0 aromatic heterocycles. The van der Waals surface area contributed by atoms with Gasteiger partial charge in [0.2, 0.25) is 5.91 Å². The van der Waals surface area contributed by atoms with Crippen LogP contribution in [0, 0.1) is 5.92 Å². The maximum atomic E-state index is 12.7. The number of halogens is 1. The Bertz CT molecular complexity index is 668.